The maximum Gasteiger partial charge on any atom is 0.256 e. The first-order chi connectivity index (χ1) is 7.06. The van der Waals surface area contributed by atoms with Gasteiger partial charge in [0.05, 0.1) is 11.4 Å². The van der Waals surface area contributed by atoms with Crippen molar-refractivity contribution in [2.24, 2.45) is 0 Å². The molecule has 0 aromatic carbocycles. The van der Waals surface area contributed by atoms with Gasteiger partial charge in [0.25, 0.3) is 5.56 Å². The van der Waals surface area contributed by atoms with Gasteiger partial charge in [-0.05, 0) is 0 Å². The molecular formula is C8H8ClN3O3. The lowest BCUT2D eigenvalue weighted by Gasteiger charge is -2.13. The molecule has 7 heteroatoms. The van der Waals surface area contributed by atoms with Crippen LogP contribution < -0.4 is 10.5 Å². The van der Waals surface area contributed by atoms with E-state index in [1.165, 1.54) is 4.90 Å². The Morgan fingerprint density at radius 3 is 2.87 bits per heavy atom. The van der Waals surface area contributed by atoms with Crippen molar-refractivity contribution in [2.45, 2.75) is 11.8 Å². The van der Waals surface area contributed by atoms with Crippen molar-refractivity contribution in [1.29, 1.82) is 0 Å². The van der Waals surface area contributed by atoms with Crippen molar-refractivity contribution in [3.8, 4) is 5.88 Å². The van der Waals surface area contributed by atoms with E-state index in [4.69, 9.17) is 16.7 Å². The van der Waals surface area contributed by atoms with Crippen molar-refractivity contribution < 1.29 is 9.90 Å². The van der Waals surface area contributed by atoms with Gasteiger partial charge in [-0.3, -0.25) is 19.5 Å². The Hall–Kier alpha value is -1.56. The fraction of sp³-hybridized carbons (Fsp3) is 0.375. The van der Waals surface area contributed by atoms with E-state index in [0.29, 0.717) is 0 Å². The van der Waals surface area contributed by atoms with E-state index in [-0.39, 0.29) is 30.2 Å². The number of rotatable bonds is 1. The van der Waals surface area contributed by atoms with Gasteiger partial charge in [0.2, 0.25) is 17.7 Å². The Kier molecular flexibility index (Phi) is 2.36. The minimum atomic E-state index is -0.511. The van der Waals surface area contributed by atoms with E-state index in [1.54, 1.807) is 0 Å². The third kappa shape index (κ3) is 1.94. The van der Waals surface area contributed by atoms with Crippen LogP contribution in [0.1, 0.15) is 6.42 Å². The minimum absolute atomic E-state index is 0.0353. The highest BCUT2D eigenvalue weighted by atomic mass is 35.5. The molecule has 1 fully saturated rings. The summed E-state index contributed by atoms with van der Waals surface area (Å²) >= 11 is 5.79. The zero-order valence-electron chi connectivity index (χ0n) is 7.61. The second-order valence-electron chi connectivity index (χ2n) is 3.23. The number of amides is 1. The molecule has 1 aliphatic rings. The maximum absolute atomic E-state index is 11.4. The molecule has 6 nitrogen and oxygen atoms in total. The summed E-state index contributed by atoms with van der Waals surface area (Å²) in [5.41, 5.74) is -0.511. The number of anilines is 1. The summed E-state index contributed by atoms with van der Waals surface area (Å²) in [7, 11) is 0. The van der Waals surface area contributed by atoms with Crippen molar-refractivity contribution >= 4 is 23.5 Å². The van der Waals surface area contributed by atoms with Crippen LogP contribution in [0.15, 0.2) is 10.9 Å². The predicted octanol–water partition coefficient (Wildman–Crippen LogP) is -0.180. The van der Waals surface area contributed by atoms with Crippen molar-refractivity contribution in [3.63, 3.8) is 0 Å². The van der Waals surface area contributed by atoms with E-state index >= 15 is 0 Å². The van der Waals surface area contributed by atoms with Gasteiger partial charge in [0.15, 0.2) is 0 Å². The molecule has 1 unspecified atom stereocenters. The van der Waals surface area contributed by atoms with Crippen LogP contribution in [0.3, 0.4) is 0 Å². The standard InChI is InChI=1S/C8H8ClN3O3/c9-4-1-7(15)12(3-4)8-10-5(13)2-6(14)11-8/h2,4H,1,3H2,(H2,10,11,13,14). The van der Waals surface area contributed by atoms with Crippen LogP contribution >= 0.6 is 11.6 Å². The molecule has 80 valence electrons. The van der Waals surface area contributed by atoms with Gasteiger partial charge in [-0.2, -0.15) is 4.98 Å². The van der Waals surface area contributed by atoms with Crippen LogP contribution in [0.2, 0.25) is 0 Å². The van der Waals surface area contributed by atoms with Crippen LogP contribution in [-0.4, -0.2) is 32.9 Å². The molecule has 0 aliphatic carbocycles. The van der Waals surface area contributed by atoms with E-state index in [9.17, 15) is 9.59 Å². The van der Waals surface area contributed by atoms with Gasteiger partial charge >= 0.3 is 0 Å². The molecule has 1 aromatic rings. The van der Waals surface area contributed by atoms with Gasteiger partial charge in [0, 0.05) is 13.0 Å². The first-order valence-corrected chi connectivity index (χ1v) is 4.74. The second-order valence-corrected chi connectivity index (χ2v) is 3.85. The smallest absolute Gasteiger partial charge is 0.256 e. The second kappa shape index (κ2) is 3.54. The number of carbonyl (C=O) groups excluding carboxylic acids is 1. The van der Waals surface area contributed by atoms with Crippen molar-refractivity contribution in [1.82, 2.24) is 9.97 Å². The number of hydrogen-bond acceptors (Lipinski definition) is 4. The molecule has 0 saturated carbocycles. The van der Waals surface area contributed by atoms with E-state index in [2.05, 4.69) is 9.97 Å². The average molecular weight is 230 g/mol. The highest BCUT2D eigenvalue weighted by Gasteiger charge is 2.30. The van der Waals surface area contributed by atoms with E-state index in [1.807, 2.05) is 0 Å². The van der Waals surface area contributed by atoms with E-state index < -0.39 is 11.4 Å². The molecule has 0 radical (unpaired) electrons. The highest BCUT2D eigenvalue weighted by Crippen LogP contribution is 2.20. The third-order valence-corrected chi connectivity index (χ3v) is 2.34. The van der Waals surface area contributed by atoms with Crippen LogP contribution in [-0.2, 0) is 4.79 Å². The summed E-state index contributed by atoms with van der Waals surface area (Å²) in [6, 6.07) is 0.933. The van der Waals surface area contributed by atoms with Crippen molar-refractivity contribution in [3.05, 3.63) is 16.4 Å². The quantitative estimate of drug-likeness (QED) is 0.654. The molecule has 15 heavy (non-hydrogen) atoms. The first kappa shape index (κ1) is 9.97. The summed E-state index contributed by atoms with van der Waals surface area (Å²) in [6.07, 6.45) is 0.209. The lowest BCUT2D eigenvalue weighted by molar-refractivity contribution is -0.117. The molecule has 2 rings (SSSR count). The number of hydrogen-bond donors (Lipinski definition) is 2. The van der Waals surface area contributed by atoms with Gasteiger partial charge in [0.1, 0.15) is 0 Å². The number of nitrogens with one attached hydrogen (secondary N) is 1. The van der Waals surface area contributed by atoms with Gasteiger partial charge < -0.3 is 5.11 Å². The molecule has 1 atom stereocenters. The summed E-state index contributed by atoms with van der Waals surface area (Å²) < 4.78 is 0. The summed E-state index contributed by atoms with van der Waals surface area (Å²) in [5.74, 6) is -0.600. The molecule has 2 heterocycles. The normalized spacial score (nSPS) is 21.0. The number of aromatic hydroxyl groups is 1. The summed E-state index contributed by atoms with van der Waals surface area (Å²) in [4.78, 5) is 29.7. The molecule has 1 aliphatic heterocycles. The Bertz CT molecular complexity index is 459. The van der Waals surface area contributed by atoms with Crippen LogP contribution in [0.25, 0.3) is 0 Å². The monoisotopic (exact) mass is 229 g/mol. The molecule has 1 saturated heterocycles. The van der Waals surface area contributed by atoms with Gasteiger partial charge in [-0.15, -0.1) is 11.6 Å². The van der Waals surface area contributed by atoms with Crippen LogP contribution in [0.5, 0.6) is 5.88 Å². The summed E-state index contributed by atoms with van der Waals surface area (Å²) in [5, 5.41) is 8.82. The maximum atomic E-state index is 11.4. The Morgan fingerprint density at radius 2 is 2.33 bits per heavy atom. The number of halogens is 1. The molecule has 1 amide bonds. The highest BCUT2D eigenvalue weighted by molar-refractivity contribution is 6.24. The summed E-state index contributed by atoms with van der Waals surface area (Å²) in [6.45, 7) is 0.285. The lowest BCUT2D eigenvalue weighted by Crippen LogP contribution is -2.28. The Morgan fingerprint density at radius 1 is 1.60 bits per heavy atom. The van der Waals surface area contributed by atoms with Crippen LogP contribution in [0.4, 0.5) is 5.95 Å². The fourth-order valence-corrected chi connectivity index (χ4v) is 1.70. The molecule has 1 aromatic heterocycles. The topological polar surface area (TPSA) is 86.3 Å². The largest absolute Gasteiger partial charge is 0.493 e. The predicted molar refractivity (Wildman–Crippen MR) is 53.1 cm³/mol. The number of alkyl halides is 1. The number of carbonyl (C=O) groups is 1. The Balaban J connectivity index is 2.37. The molecule has 0 bridgehead atoms. The molecule has 2 N–H and O–H groups in total. The minimum Gasteiger partial charge on any atom is -0.493 e. The Labute approximate surface area is 89.5 Å². The third-order valence-electron chi connectivity index (χ3n) is 2.05. The molecular weight excluding hydrogens is 222 g/mol. The number of aromatic amines is 1. The van der Waals surface area contributed by atoms with Gasteiger partial charge in [-0.1, -0.05) is 0 Å². The molecule has 0 spiro atoms. The average Bonchev–Trinajstić information content (AvgIpc) is 2.43. The SMILES string of the molecule is O=C1CC(Cl)CN1c1nc(O)cc(=O)[nH]1. The number of nitrogens with zero attached hydrogens (tertiary/aromatic N) is 2. The zero-order chi connectivity index (χ0) is 11.0. The number of H-pyrrole nitrogens is 1. The first-order valence-electron chi connectivity index (χ1n) is 4.31. The zero-order valence-corrected chi connectivity index (χ0v) is 8.36. The van der Waals surface area contributed by atoms with Gasteiger partial charge in [-0.25, -0.2) is 0 Å². The van der Waals surface area contributed by atoms with Crippen molar-refractivity contribution in [2.75, 3.05) is 11.4 Å². The number of aromatic nitrogens is 2. The van der Waals surface area contributed by atoms with E-state index in [0.717, 1.165) is 6.07 Å². The lowest BCUT2D eigenvalue weighted by atomic mass is 10.4. The van der Waals surface area contributed by atoms with Crippen LogP contribution in [0, 0.1) is 0 Å². The fourth-order valence-electron chi connectivity index (χ4n) is 1.43.